The van der Waals surface area contributed by atoms with Gasteiger partial charge in [0, 0.05) is 18.5 Å². The summed E-state index contributed by atoms with van der Waals surface area (Å²) in [6.45, 7) is 1.67. The van der Waals surface area contributed by atoms with Crippen molar-refractivity contribution in [3.05, 3.63) is 29.8 Å². The molecule has 1 N–H and O–H groups in total. The SMILES string of the molecule is COc1ccc(C(=O)[C@@H](C)OC(=O)CCCN2C(=O)NC3(CCCC3)C2=O)cc1. The number of rotatable bonds is 8. The van der Waals surface area contributed by atoms with Gasteiger partial charge in [-0.25, -0.2) is 4.79 Å². The highest BCUT2D eigenvalue weighted by molar-refractivity contribution is 6.07. The molecule has 0 bridgehead atoms. The van der Waals surface area contributed by atoms with Crippen LogP contribution in [0.1, 0.15) is 55.8 Å². The summed E-state index contributed by atoms with van der Waals surface area (Å²) in [6, 6.07) is 6.16. The van der Waals surface area contributed by atoms with Crippen LogP contribution in [0.2, 0.25) is 0 Å². The van der Waals surface area contributed by atoms with Gasteiger partial charge in [0.2, 0.25) is 5.78 Å². The molecule has 8 heteroatoms. The maximum atomic E-state index is 12.6. The first kappa shape index (κ1) is 20.8. The molecule has 0 unspecified atom stereocenters. The number of amides is 3. The second-order valence-electron chi connectivity index (χ2n) is 7.50. The molecule has 29 heavy (non-hydrogen) atoms. The van der Waals surface area contributed by atoms with E-state index in [0.717, 1.165) is 12.8 Å². The van der Waals surface area contributed by atoms with Gasteiger partial charge in [0.05, 0.1) is 7.11 Å². The minimum Gasteiger partial charge on any atom is -0.497 e. The smallest absolute Gasteiger partial charge is 0.325 e. The highest BCUT2D eigenvalue weighted by Gasteiger charge is 2.52. The number of ether oxygens (including phenoxy) is 2. The second-order valence-corrected chi connectivity index (χ2v) is 7.50. The Bertz CT molecular complexity index is 798. The van der Waals surface area contributed by atoms with Crippen LogP contribution in [0.25, 0.3) is 0 Å². The summed E-state index contributed by atoms with van der Waals surface area (Å²) < 4.78 is 10.3. The van der Waals surface area contributed by atoms with E-state index in [1.54, 1.807) is 24.3 Å². The first-order chi connectivity index (χ1) is 13.9. The lowest BCUT2D eigenvalue weighted by Crippen LogP contribution is -2.44. The lowest BCUT2D eigenvalue weighted by atomic mass is 9.98. The van der Waals surface area contributed by atoms with Crippen LogP contribution in [-0.2, 0) is 14.3 Å². The average Bonchev–Trinajstić information content (AvgIpc) is 3.27. The molecule has 156 valence electrons. The second kappa shape index (κ2) is 8.63. The van der Waals surface area contributed by atoms with Gasteiger partial charge in [-0.15, -0.1) is 0 Å². The molecular weight excluding hydrogens is 376 g/mol. The zero-order valence-electron chi connectivity index (χ0n) is 16.7. The molecule has 0 aromatic heterocycles. The van der Waals surface area contributed by atoms with Crippen LogP contribution in [0.4, 0.5) is 4.79 Å². The Morgan fingerprint density at radius 2 is 1.83 bits per heavy atom. The van der Waals surface area contributed by atoms with Gasteiger partial charge < -0.3 is 14.8 Å². The van der Waals surface area contributed by atoms with Gasteiger partial charge in [0.1, 0.15) is 11.3 Å². The maximum Gasteiger partial charge on any atom is 0.325 e. The number of Topliss-reactive ketones (excluding diaryl/α,β-unsaturated/α-hetero) is 1. The lowest BCUT2D eigenvalue weighted by Gasteiger charge is -2.20. The summed E-state index contributed by atoms with van der Waals surface area (Å²) >= 11 is 0. The van der Waals surface area contributed by atoms with Gasteiger partial charge in [0.15, 0.2) is 6.10 Å². The zero-order valence-corrected chi connectivity index (χ0v) is 16.7. The van der Waals surface area contributed by atoms with Crippen LogP contribution >= 0.6 is 0 Å². The molecule has 1 saturated heterocycles. The van der Waals surface area contributed by atoms with Crippen molar-refractivity contribution in [2.45, 2.75) is 57.1 Å². The molecule has 2 aliphatic rings. The third kappa shape index (κ3) is 4.41. The number of carbonyl (C=O) groups is 4. The standard InChI is InChI=1S/C21H26N2O6/c1-14(18(25)15-7-9-16(28-2)10-8-15)29-17(24)6-5-13-23-19(26)21(22-20(23)27)11-3-4-12-21/h7-10,14H,3-6,11-13H2,1-2H3,(H,22,27)/t14-/m1/s1. The molecule has 3 amide bonds. The predicted octanol–water partition coefficient (Wildman–Crippen LogP) is 2.45. The number of ketones is 1. The molecule has 1 heterocycles. The zero-order chi connectivity index (χ0) is 21.0. The molecule has 1 spiro atoms. The van der Waals surface area contributed by atoms with Crippen LogP contribution in [0.15, 0.2) is 24.3 Å². The van der Waals surface area contributed by atoms with Crippen LogP contribution in [-0.4, -0.2) is 53.9 Å². The summed E-state index contributed by atoms with van der Waals surface area (Å²) in [4.78, 5) is 50.3. The summed E-state index contributed by atoms with van der Waals surface area (Å²) in [7, 11) is 1.54. The Hall–Kier alpha value is -2.90. The summed E-state index contributed by atoms with van der Waals surface area (Å²) in [5.41, 5.74) is -0.316. The molecule has 1 aromatic carbocycles. The largest absolute Gasteiger partial charge is 0.497 e. The molecule has 8 nitrogen and oxygen atoms in total. The van der Waals surface area contributed by atoms with Crippen molar-refractivity contribution in [3.63, 3.8) is 0 Å². The summed E-state index contributed by atoms with van der Waals surface area (Å²) in [5.74, 6) is -0.414. The molecule has 1 atom stereocenters. The van der Waals surface area contributed by atoms with Gasteiger partial charge in [-0.05, 0) is 50.5 Å². The maximum absolute atomic E-state index is 12.6. The highest BCUT2D eigenvalue weighted by Crippen LogP contribution is 2.35. The number of nitrogens with zero attached hydrogens (tertiary/aromatic N) is 1. The molecular formula is C21H26N2O6. The number of urea groups is 1. The fraction of sp³-hybridized carbons (Fsp3) is 0.524. The van der Waals surface area contributed by atoms with E-state index in [9.17, 15) is 19.2 Å². The van der Waals surface area contributed by atoms with Crippen molar-refractivity contribution < 1.29 is 28.7 Å². The fourth-order valence-electron chi connectivity index (χ4n) is 3.88. The number of methoxy groups -OCH3 is 1. The topological polar surface area (TPSA) is 102 Å². The van der Waals surface area contributed by atoms with Crippen LogP contribution < -0.4 is 10.1 Å². The van der Waals surface area contributed by atoms with Crippen molar-refractivity contribution in [1.82, 2.24) is 10.2 Å². The molecule has 1 saturated carbocycles. The molecule has 0 radical (unpaired) electrons. The van der Waals surface area contributed by atoms with E-state index < -0.39 is 23.6 Å². The molecule has 1 aliphatic heterocycles. The van der Waals surface area contributed by atoms with E-state index in [1.807, 2.05) is 0 Å². The Morgan fingerprint density at radius 1 is 1.17 bits per heavy atom. The van der Waals surface area contributed by atoms with Crippen LogP contribution in [0.3, 0.4) is 0 Å². The van der Waals surface area contributed by atoms with Crippen molar-refractivity contribution >= 4 is 23.7 Å². The van der Waals surface area contributed by atoms with E-state index in [1.165, 1.54) is 18.9 Å². The van der Waals surface area contributed by atoms with Crippen LogP contribution in [0.5, 0.6) is 5.75 Å². The summed E-state index contributed by atoms with van der Waals surface area (Å²) in [5, 5.41) is 2.81. The fourth-order valence-corrected chi connectivity index (χ4v) is 3.88. The van der Waals surface area contributed by atoms with E-state index in [-0.39, 0.29) is 31.1 Å². The number of imide groups is 1. The van der Waals surface area contributed by atoms with Gasteiger partial charge in [-0.3, -0.25) is 19.3 Å². The van der Waals surface area contributed by atoms with Crippen molar-refractivity contribution in [1.29, 1.82) is 0 Å². The quantitative estimate of drug-likeness (QED) is 0.407. The number of nitrogens with one attached hydrogen (secondary N) is 1. The highest BCUT2D eigenvalue weighted by atomic mass is 16.5. The number of hydrogen-bond donors (Lipinski definition) is 1. The van der Waals surface area contributed by atoms with E-state index >= 15 is 0 Å². The van der Waals surface area contributed by atoms with E-state index in [0.29, 0.717) is 24.2 Å². The van der Waals surface area contributed by atoms with Gasteiger partial charge >= 0.3 is 12.0 Å². The van der Waals surface area contributed by atoms with Crippen molar-refractivity contribution in [2.75, 3.05) is 13.7 Å². The third-order valence-corrected chi connectivity index (χ3v) is 5.52. The number of carbonyl (C=O) groups excluding carboxylic acids is 4. The average molecular weight is 402 g/mol. The van der Waals surface area contributed by atoms with E-state index in [4.69, 9.17) is 9.47 Å². The monoisotopic (exact) mass is 402 g/mol. The molecule has 2 fully saturated rings. The normalized spacial score (nSPS) is 18.6. The van der Waals surface area contributed by atoms with Crippen molar-refractivity contribution in [2.24, 2.45) is 0 Å². The minimum atomic E-state index is -0.922. The van der Waals surface area contributed by atoms with Gasteiger partial charge in [0.25, 0.3) is 5.91 Å². The first-order valence-electron chi connectivity index (χ1n) is 9.88. The lowest BCUT2D eigenvalue weighted by molar-refractivity contribution is -0.146. The van der Waals surface area contributed by atoms with Gasteiger partial charge in [-0.1, -0.05) is 12.8 Å². The number of esters is 1. The van der Waals surface area contributed by atoms with Crippen LogP contribution in [0, 0.1) is 0 Å². The predicted molar refractivity (Wildman–Crippen MR) is 104 cm³/mol. The minimum absolute atomic E-state index is 0.0181. The Morgan fingerprint density at radius 3 is 2.45 bits per heavy atom. The van der Waals surface area contributed by atoms with Crippen molar-refractivity contribution in [3.8, 4) is 5.75 Å². The number of hydrogen-bond acceptors (Lipinski definition) is 6. The van der Waals surface area contributed by atoms with Gasteiger partial charge in [-0.2, -0.15) is 0 Å². The number of benzene rings is 1. The summed E-state index contributed by atoms with van der Waals surface area (Å²) in [6.07, 6.45) is 2.57. The molecule has 1 aromatic rings. The Labute approximate surface area is 169 Å². The first-order valence-corrected chi connectivity index (χ1v) is 9.88. The third-order valence-electron chi connectivity index (χ3n) is 5.52. The molecule has 1 aliphatic carbocycles. The Balaban J connectivity index is 1.45. The van der Waals surface area contributed by atoms with E-state index in [2.05, 4.69) is 5.32 Å². The Kier molecular flexibility index (Phi) is 6.20. The molecule has 3 rings (SSSR count).